The van der Waals surface area contributed by atoms with E-state index in [9.17, 15) is 4.79 Å². The third-order valence-electron chi connectivity index (χ3n) is 3.54. The van der Waals surface area contributed by atoms with Crippen LogP contribution in [0.3, 0.4) is 0 Å². The van der Waals surface area contributed by atoms with Crippen molar-refractivity contribution < 1.29 is 9.21 Å². The molecule has 4 nitrogen and oxygen atoms in total. The van der Waals surface area contributed by atoms with Crippen LogP contribution in [0.2, 0.25) is 0 Å². The van der Waals surface area contributed by atoms with Gasteiger partial charge < -0.3 is 4.42 Å². The average Bonchev–Trinajstić information content (AvgIpc) is 3.06. The molecule has 0 saturated heterocycles. The van der Waals surface area contributed by atoms with E-state index in [0.717, 1.165) is 5.56 Å². The number of fused-ring (bicyclic) bond motifs is 1. The molecule has 2 aromatic carbocycles. The molecule has 0 atom stereocenters. The van der Waals surface area contributed by atoms with Gasteiger partial charge in [0.15, 0.2) is 11.2 Å². The summed E-state index contributed by atoms with van der Waals surface area (Å²) in [6.45, 7) is 0. The SMILES string of the molecule is O=C(c1ccccc1)c1ccc2oc(-c3ccccc3)nc2n1. The summed E-state index contributed by atoms with van der Waals surface area (Å²) >= 11 is 0. The molecule has 0 aliphatic rings. The third kappa shape index (κ3) is 2.51. The maximum Gasteiger partial charge on any atom is 0.228 e. The first-order chi connectivity index (χ1) is 11.3. The zero-order valence-corrected chi connectivity index (χ0v) is 12.1. The van der Waals surface area contributed by atoms with Gasteiger partial charge >= 0.3 is 0 Å². The molecular weight excluding hydrogens is 288 g/mol. The Kier molecular flexibility index (Phi) is 3.20. The first-order valence-electron chi connectivity index (χ1n) is 7.24. The van der Waals surface area contributed by atoms with Gasteiger partial charge in [0.25, 0.3) is 0 Å². The van der Waals surface area contributed by atoms with Crippen molar-refractivity contribution in [2.45, 2.75) is 0 Å². The molecule has 0 unspecified atom stereocenters. The van der Waals surface area contributed by atoms with Crippen molar-refractivity contribution in [3.8, 4) is 11.5 Å². The number of pyridine rings is 1. The predicted octanol–water partition coefficient (Wildman–Crippen LogP) is 4.12. The monoisotopic (exact) mass is 300 g/mol. The summed E-state index contributed by atoms with van der Waals surface area (Å²) in [7, 11) is 0. The molecule has 0 saturated carbocycles. The summed E-state index contributed by atoms with van der Waals surface area (Å²) in [6.07, 6.45) is 0. The number of hydrogen-bond acceptors (Lipinski definition) is 4. The zero-order valence-electron chi connectivity index (χ0n) is 12.1. The third-order valence-corrected chi connectivity index (χ3v) is 3.54. The Morgan fingerprint density at radius 2 is 1.48 bits per heavy atom. The minimum absolute atomic E-state index is 0.128. The molecule has 0 radical (unpaired) electrons. The number of carbonyl (C=O) groups is 1. The van der Waals surface area contributed by atoms with Gasteiger partial charge in [-0.15, -0.1) is 0 Å². The van der Waals surface area contributed by atoms with Gasteiger partial charge in [0.2, 0.25) is 11.7 Å². The number of carbonyl (C=O) groups excluding carboxylic acids is 1. The first kappa shape index (κ1) is 13.4. The Hall–Kier alpha value is -3.27. The molecule has 4 rings (SSSR count). The molecule has 23 heavy (non-hydrogen) atoms. The Morgan fingerprint density at radius 3 is 2.22 bits per heavy atom. The second-order valence-corrected chi connectivity index (χ2v) is 5.10. The average molecular weight is 300 g/mol. The highest BCUT2D eigenvalue weighted by atomic mass is 16.3. The summed E-state index contributed by atoms with van der Waals surface area (Å²) in [5.74, 6) is 0.370. The van der Waals surface area contributed by atoms with E-state index in [1.165, 1.54) is 0 Å². The van der Waals surface area contributed by atoms with E-state index in [1.54, 1.807) is 24.3 Å². The van der Waals surface area contributed by atoms with Gasteiger partial charge in [0.1, 0.15) is 5.69 Å². The fraction of sp³-hybridized carbons (Fsp3) is 0. The van der Waals surface area contributed by atoms with Crippen LogP contribution in [0.15, 0.2) is 77.2 Å². The van der Waals surface area contributed by atoms with Gasteiger partial charge in [0, 0.05) is 11.1 Å². The van der Waals surface area contributed by atoms with Gasteiger partial charge in [-0.3, -0.25) is 4.79 Å². The lowest BCUT2D eigenvalue weighted by atomic mass is 10.1. The second-order valence-electron chi connectivity index (χ2n) is 5.10. The lowest BCUT2D eigenvalue weighted by molar-refractivity contribution is 0.103. The largest absolute Gasteiger partial charge is 0.434 e. The zero-order chi connectivity index (χ0) is 15.6. The molecule has 0 amide bonds. The Bertz CT molecular complexity index is 976. The smallest absolute Gasteiger partial charge is 0.228 e. The number of nitrogens with zero attached hydrogens (tertiary/aromatic N) is 2. The lowest BCUT2D eigenvalue weighted by Gasteiger charge is -1.99. The van der Waals surface area contributed by atoms with Crippen LogP contribution in [0.1, 0.15) is 16.1 Å². The van der Waals surface area contributed by atoms with Crippen molar-refractivity contribution >= 4 is 17.0 Å². The standard InChI is InChI=1S/C19H12N2O2/c22-17(13-7-3-1-4-8-13)15-11-12-16-18(20-15)21-19(23-16)14-9-5-2-6-10-14/h1-12H. The van der Waals surface area contributed by atoms with Crippen molar-refractivity contribution in [2.24, 2.45) is 0 Å². The molecule has 110 valence electrons. The topological polar surface area (TPSA) is 56.0 Å². The van der Waals surface area contributed by atoms with Gasteiger partial charge in [-0.25, -0.2) is 4.98 Å². The van der Waals surface area contributed by atoms with Gasteiger partial charge in [-0.1, -0.05) is 48.5 Å². The number of ketones is 1. The normalized spacial score (nSPS) is 10.8. The maximum atomic E-state index is 12.4. The lowest BCUT2D eigenvalue weighted by Crippen LogP contribution is -2.03. The Morgan fingerprint density at radius 1 is 0.783 bits per heavy atom. The van der Waals surface area contributed by atoms with Crippen molar-refractivity contribution in [3.05, 3.63) is 84.1 Å². The molecule has 0 N–H and O–H groups in total. The van der Waals surface area contributed by atoms with Crippen molar-refractivity contribution in [1.29, 1.82) is 0 Å². The van der Waals surface area contributed by atoms with Crippen LogP contribution in [0, 0.1) is 0 Å². The van der Waals surface area contributed by atoms with Crippen LogP contribution in [-0.2, 0) is 0 Å². The van der Waals surface area contributed by atoms with Crippen molar-refractivity contribution in [3.63, 3.8) is 0 Å². The van der Waals surface area contributed by atoms with Gasteiger partial charge in [-0.05, 0) is 24.3 Å². The number of hydrogen-bond donors (Lipinski definition) is 0. The van der Waals surface area contributed by atoms with E-state index in [0.29, 0.717) is 28.4 Å². The van der Waals surface area contributed by atoms with Crippen LogP contribution in [0.5, 0.6) is 0 Å². The number of oxazole rings is 1. The summed E-state index contributed by atoms with van der Waals surface area (Å²) in [5, 5.41) is 0. The van der Waals surface area contributed by atoms with Crippen molar-refractivity contribution in [1.82, 2.24) is 9.97 Å². The van der Waals surface area contributed by atoms with E-state index in [-0.39, 0.29) is 5.78 Å². The molecule has 0 aliphatic carbocycles. The van der Waals surface area contributed by atoms with Crippen LogP contribution >= 0.6 is 0 Å². The minimum Gasteiger partial charge on any atom is -0.434 e. The molecule has 4 heteroatoms. The number of rotatable bonds is 3. The molecular formula is C19H12N2O2. The second kappa shape index (κ2) is 5.50. The van der Waals surface area contributed by atoms with E-state index < -0.39 is 0 Å². The molecule has 0 aliphatic heterocycles. The number of aromatic nitrogens is 2. The van der Waals surface area contributed by atoms with Crippen LogP contribution in [0.4, 0.5) is 0 Å². The Balaban J connectivity index is 1.75. The highest BCUT2D eigenvalue weighted by molar-refractivity contribution is 6.08. The Labute approximate surface area is 132 Å². The first-order valence-corrected chi connectivity index (χ1v) is 7.24. The van der Waals surface area contributed by atoms with E-state index in [2.05, 4.69) is 9.97 Å². The van der Waals surface area contributed by atoms with Crippen LogP contribution in [0.25, 0.3) is 22.7 Å². The molecule has 0 spiro atoms. The highest BCUT2D eigenvalue weighted by Crippen LogP contribution is 2.23. The number of benzene rings is 2. The summed E-state index contributed by atoms with van der Waals surface area (Å²) < 4.78 is 5.71. The molecule has 2 heterocycles. The fourth-order valence-electron chi connectivity index (χ4n) is 2.39. The fourth-order valence-corrected chi connectivity index (χ4v) is 2.39. The molecule has 4 aromatic rings. The minimum atomic E-state index is -0.128. The predicted molar refractivity (Wildman–Crippen MR) is 87.1 cm³/mol. The highest BCUT2D eigenvalue weighted by Gasteiger charge is 2.14. The molecule has 0 bridgehead atoms. The van der Waals surface area contributed by atoms with Crippen LogP contribution in [-0.4, -0.2) is 15.8 Å². The van der Waals surface area contributed by atoms with E-state index in [4.69, 9.17) is 4.42 Å². The summed E-state index contributed by atoms with van der Waals surface area (Å²) in [4.78, 5) is 21.2. The van der Waals surface area contributed by atoms with Gasteiger partial charge in [-0.2, -0.15) is 4.98 Å². The quantitative estimate of drug-likeness (QED) is 0.534. The van der Waals surface area contributed by atoms with E-state index in [1.807, 2.05) is 48.5 Å². The van der Waals surface area contributed by atoms with Gasteiger partial charge in [0.05, 0.1) is 0 Å². The maximum absolute atomic E-state index is 12.4. The van der Waals surface area contributed by atoms with Crippen molar-refractivity contribution in [2.75, 3.05) is 0 Å². The van der Waals surface area contributed by atoms with E-state index >= 15 is 0 Å². The summed E-state index contributed by atoms with van der Waals surface area (Å²) in [5.41, 5.74) is 2.84. The summed E-state index contributed by atoms with van der Waals surface area (Å²) in [6, 6.07) is 22.1. The molecule has 2 aromatic heterocycles. The molecule has 0 fully saturated rings. The van der Waals surface area contributed by atoms with Crippen LogP contribution < -0.4 is 0 Å².